The molecule has 0 saturated heterocycles. The molecule has 51 heavy (non-hydrogen) atoms. The monoisotopic (exact) mass is 686 g/mol. The predicted octanol–water partition coefficient (Wildman–Crippen LogP) is 8.70. The molecule has 0 atom stereocenters. The van der Waals surface area contributed by atoms with E-state index in [9.17, 15) is 24.9 Å². The Balaban J connectivity index is 0.000000183. The zero-order valence-electron chi connectivity index (χ0n) is 28.2. The quantitative estimate of drug-likeness (QED) is 0.126. The second-order valence-electron chi connectivity index (χ2n) is 11.5. The number of methoxy groups -OCH3 is 4. The molecular weight excluding hydrogens is 652 g/mol. The molecule has 7 aromatic rings. The zero-order valence-corrected chi connectivity index (χ0v) is 28.2. The molecule has 0 heterocycles. The number of phenols is 1. The van der Waals surface area contributed by atoms with Crippen molar-refractivity contribution in [2.24, 2.45) is 0 Å². The zero-order chi connectivity index (χ0) is 36.2. The van der Waals surface area contributed by atoms with Crippen LogP contribution in [0.3, 0.4) is 0 Å². The molecule has 0 aliphatic carbocycles. The number of hydrogen-bond donors (Lipinski definition) is 3. The normalized spacial score (nSPS) is 10.8. The number of aromatic hydroxyl groups is 1. The highest BCUT2D eigenvalue weighted by Gasteiger charge is 2.18. The minimum atomic E-state index is -1.07. The maximum absolute atomic E-state index is 11.9. The van der Waals surface area contributed by atoms with Gasteiger partial charge in [0.15, 0.2) is 23.0 Å². The fourth-order valence-electron chi connectivity index (χ4n) is 6.13. The minimum absolute atomic E-state index is 0.0386. The molecule has 10 nitrogen and oxygen atoms in total. The van der Waals surface area contributed by atoms with Gasteiger partial charge >= 0.3 is 11.9 Å². The third-order valence-corrected chi connectivity index (χ3v) is 8.61. The van der Waals surface area contributed by atoms with Crippen LogP contribution in [0.4, 0.5) is 0 Å². The van der Waals surface area contributed by atoms with Crippen molar-refractivity contribution >= 4 is 55.0 Å². The Hall–Kier alpha value is -6.68. The summed E-state index contributed by atoms with van der Waals surface area (Å²) in [6.45, 7) is 0.441. The van der Waals surface area contributed by atoms with Crippen molar-refractivity contribution in [2.75, 3.05) is 28.4 Å². The number of rotatable bonds is 9. The molecule has 0 aliphatic heterocycles. The summed E-state index contributed by atoms with van der Waals surface area (Å²) in [5, 5.41) is 34.8. The maximum atomic E-state index is 11.9. The van der Waals surface area contributed by atoms with E-state index in [4.69, 9.17) is 23.7 Å². The van der Waals surface area contributed by atoms with E-state index in [0.29, 0.717) is 56.9 Å². The Labute approximate surface area is 292 Å². The van der Waals surface area contributed by atoms with Crippen molar-refractivity contribution in [2.45, 2.75) is 6.61 Å². The fraction of sp³-hybridized carbons (Fsp3) is 0.122. The van der Waals surface area contributed by atoms with E-state index < -0.39 is 11.9 Å². The number of aromatic carboxylic acids is 2. The summed E-state index contributed by atoms with van der Waals surface area (Å²) in [6, 6.07) is 30.7. The van der Waals surface area contributed by atoms with Crippen LogP contribution in [0.2, 0.25) is 0 Å². The summed E-state index contributed by atoms with van der Waals surface area (Å²) in [7, 11) is 6.10. The highest BCUT2D eigenvalue weighted by Crippen LogP contribution is 2.40. The van der Waals surface area contributed by atoms with Gasteiger partial charge in [-0.2, -0.15) is 0 Å². The second-order valence-corrected chi connectivity index (χ2v) is 11.5. The van der Waals surface area contributed by atoms with E-state index in [2.05, 4.69) is 0 Å². The first kappa shape index (κ1) is 34.2. The third kappa shape index (κ3) is 6.67. The van der Waals surface area contributed by atoms with Gasteiger partial charge in [0.25, 0.3) is 0 Å². The number of phenolic OH excluding ortho intramolecular Hbond substituents is 1. The average Bonchev–Trinajstić information content (AvgIpc) is 3.15. The molecular formula is C41H34O10. The van der Waals surface area contributed by atoms with Crippen molar-refractivity contribution in [3.05, 3.63) is 120 Å². The lowest BCUT2D eigenvalue weighted by atomic mass is 9.96. The summed E-state index contributed by atoms with van der Waals surface area (Å²) in [4.78, 5) is 23.5. The number of hydrogen-bond acceptors (Lipinski definition) is 8. The molecule has 0 unspecified atom stereocenters. The van der Waals surface area contributed by atoms with Crippen LogP contribution in [-0.2, 0) is 6.61 Å². The maximum Gasteiger partial charge on any atom is 0.336 e. The van der Waals surface area contributed by atoms with Crippen LogP contribution in [0.5, 0.6) is 34.5 Å². The van der Waals surface area contributed by atoms with Crippen LogP contribution >= 0.6 is 0 Å². The number of carboxylic acids is 2. The Morgan fingerprint density at radius 1 is 0.510 bits per heavy atom. The van der Waals surface area contributed by atoms with Gasteiger partial charge in [0, 0.05) is 16.2 Å². The van der Waals surface area contributed by atoms with E-state index >= 15 is 0 Å². The number of carbonyl (C=O) groups is 2. The van der Waals surface area contributed by atoms with Crippen molar-refractivity contribution in [3.8, 4) is 34.5 Å². The van der Waals surface area contributed by atoms with E-state index in [-0.39, 0.29) is 16.9 Å². The summed E-state index contributed by atoms with van der Waals surface area (Å²) in [5.74, 6) is 0.647. The molecule has 10 heteroatoms. The van der Waals surface area contributed by atoms with Crippen molar-refractivity contribution < 1.29 is 48.6 Å². The number of carboxylic acid groups (broad SMARTS) is 2. The molecule has 0 aromatic heterocycles. The first-order valence-electron chi connectivity index (χ1n) is 15.7. The topological polar surface area (TPSA) is 141 Å². The average molecular weight is 687 g/mol. The van der Waals surface area contributed by atoms with Crippen LogP contribution in [0.15, 0.2) is 103 Å². The van der Waals surface area contributed by atoms with Gasteiger partial charge in [-0.05, 0) is 87.1 Å². The lowest BCUT2D eigenvalue weighted by Crippen LogP contribution is -2.00. The summed E-state index contributed by atoms with van der Waals surface area (Å²) in [6.07, 6.45) is 0. The smallest absolute Gasteiger partial charge is 0.336 e. The second kappa shape index (κ2) is 14.4. The molecule has 3 N–H and O–H groups in total. The Kier molecular flexibility index (Phi) is 9.68. The molecule has 0 radical (unpaired) electrons. The summed E-state index contributed by atoms with van der Waals surface area (Å²) < 4.78 is 27.2. The van der Waals surface area contributed by atoms with Gasteiger partial charge < -0.3 is 39.0 Å². The van der Waals surface area contributed by atoms with Gasteiger partial charge in [-0.3, -0.25) is 0 Å². The highest BCUT2D eigenvalue weighted by molar-refractivity contribution is 6.18. The van der Waals surface area contributed by atoms with Gasteiger partial charge in [0.2, 0.25) is 0 Å². The van der Waals surface area contributed by atoms with Gasteiger partial charge in [0.05, 0.1) is 39.6 Å². The van der Waals surface area contributed by atoms with Gasteiger partial charge in [-0.15, -0.1) is 0 Å². The molecule has 0 fully saturated rings. The third-order valence-electron chi connectivity index (χ3n) is 8.61. The van der Waals surface area contributed by atoms with Gasteiger partial charge in [-0.25, -0.2) is 9.59 Å². The summed E-state index contributed by atoms with van der Waals surface area (Å²) >= 11 is 0. The Morgan fingerprint density at radius 2 is 1.04 bits per heavy atom. The molecule has 0 saturated carbocycles. The number of fused-ring (bicyclic) bond motifs is 6. The molecule has 7 aromatic carbocycles. The molecule has 258 valence electrons. The standard InChI is InChI=1S/C24H20O5.C17H14O5/c1-27-22-12-19-18-9-8-17(29-14-15-6-4-3-5-7-15)10-16(18)11-21(24(25)26)20(19)13-23(22)28-2;1-21-15-7-10-9-4-3-5-14(18)12(9)6-13(17(19)20)11(10)8-16(15)22-2/h3-13H,14H2,1-2H3,(H,25,26);3-8,18H,1-2H3,(H,19,20). The molecule has 0 bridgehead atoms. The van der Waals surface area contributed by atoms with Crippen LogP contribution in [0.1, 0.15) is 26.3 Å². The van der Waals surface area contributed by atoms with E-state index in [1.165, 1.54) is 33.5 Å². The molecule has 7 rings (SSSR count). The van der Waals surface area contributed by atoms with E-state index in [1.54, 1.807) is 37.4 Å². The lowest BCUT2D eigenvalue weighted by molar-refractivity contribution is 0.0688. The Bertz CT molecular complexity index is 2440. The first-order valence-corrected chi connectivity index (χ1v) is 15.7. The fourth-order valence-corrected chi connectivity index (χ4v) is 6.13. The number of benzene rings is 7. The largest absolute Gasteiger partial charge is 0.507 e. The highest BCUT2D eigenvalue weighted by atomic mass is 16.5. The lowest BCUT2D eigenvalue weighted by Gasteiger charge is -2.14. The van der Waals surface area contributed by atoms with Gasteiger partial charge in [0.1, 0.15) is 18.1 Å². The van der Waals surface area contributed by atoms with Crippen molar-refractivity contribution in [1.82, 2.24) is 0 Å². The van der Waals surface area contributed by atoms with Crippen LogP contribution < -0.4 is 23.7 Å². The Morgan fingerprint density at radius 3 is 1.59 bits per heavy atom. The molecule has 0 amide bonds. The van der Waals surface area contributed by atoms with Crippen molar-refractivity contribution in [1.29, 1.82) is 0 Å². The van der Waals surface area contributed by atoms with Crippen molar-refractivity contribution in [3.63, 3.8) is 0 Å². The SMILES string of the molecule is COc1cc2c(C(=O)O)cc3c(O)cccc3c2cc1OC.COc1cc2c(C(=O)O)cc3cc(OCc4ccccc4)ccc3c2cc1OC. The molecule has 0 spiro atoms. The minimum Gasteiger partial charge on any atom is -0.507 e. The van der Waals surface area contributed by atoms with Crippen LogP contribution in [-0.4, -0.2) is 55.7 Å². The number of ether oxygens (including phenoxy) is 5. The van der Waals surface area contributed by atoms with Crippen LogP contribution in [0, 0.1) is 0 Å². The van der Waals surface area contributed by atoms with E-state index in [0.717, 1.165) is 27.1 Å². The van der Waals surface area contributed by atoms with Crippen LogP contribution in [0.25, 0.3) is 43.1 Å². The molecule has 0 aliphatic rings. The predicted molar refractivity (Wildman–Crippen MR) is 195 cm³/mol. The first-order chi connectivity index (χ1) is 24.7. The van der Waals surface area contributed by atoms with Gasteiger partial charge in [-0.1, -0.05) is 48.5 Å². The summed E-state index contributed by atoms with van der Waals surface area (Å²) in [5.41, 5.74) is 1.37. The van der Waals surface area contributed by atoms with E-state index in [1.807, 2.05) is 60.7 Å².